The lowest BCUT2D eigenvalue weighted by atomic mass is 9.96. The van der Waals surface area contributed by atoms with Crippen LogP contribution in [0.25, 0.3) is 0 Å². The molecule has 3 nitrogen and oxygen atoms in total. The first-order valence-electron chi connectivity index (χ1n) is 5.96. The Morgan fingerprint density at radius 3 is 2.67 bits per heavy atom. The number of halogens is 4. The van der Waals surface area contributed by atoms with Crippen LogP contribution in [-0.2, 0) is 0 Å². The summed E-state index contributed by atoms with van der Waals surface area (Å²) in [5, 5.41) is 12.0. The molecule has 0 aliphatic heterocycles. The van der Waals surface area contributed by atoms with Gasteiger partial charge in [-0.05, 0) is 28.9 Å². The predicted molar refractivity (Wildman–Crippen MR) is 89.1 cm³/mol. The molecule has 0 radical (unpaired) electrons. The van der Waals surface area contributed by atoms with Crippen molar-refractivity contribution in [3.05, 3.63) is 52.0 Å². The van der Waals surface area contributed by atoms with Crippen LogP contribution in [0.5, 0.6) is 0 Å². The average molecular weight is 470 g/mol. The van der Waals surface area contributed by atoms with E-state index >= 15 is 0 Å². The number of carboxylic acids is 1. The number of anilines is 1. The van der Waals surface area contributed by atoms with E-state index in [2.05, 4.69) is 43.8 Å². The Morgan fingerprint density at radius 2 is 2.10 bits per heavy atom. The molecule has 0 saturated heterocycles. The topological polar surface area (TPSA) is 49.3 Å². The monoisotopic (exact) mass is 469 g/mol. The first-order chi connectivity index (χ1) is 9.74. The van der Waals surface area contributed by atoms with E-state index in [0.717, 1.165) is 6.07 Å². The second-order valence-corrected chi connectivity index (χ2v) is 7.91. The van der Waals surface area contributed by atoms with Crippen molar-refractivity contribution in [3.63, 3.8) is 0 Å². The van der Waals surface area contributed by atoms with Crippen molar-refractivity contribution < 1.29 is 18.7 Å². The molecule has 1 aliphatic carbocycles. The number of nitrogens with one attached hydrogen (secondary N) is 1. The van der Waals surface area contributed by atoms with Crippen molar-refractivity contribution >= 4 is 50.2 Å². The van der Waals surface area contributed by atoms with Gasteiger partial charge in [0, 0.05) is 0 Å². The normalized spacial score (nSPS) is 24.1. The molecule has 1 aromatic carbocycles. The van der Waals surface area contributed by atoms with Crippen molar-refractivity contribution in [1.29, 1.82) is 0 Å². The Kier molecular flexibility index (Phi) is 4.72. The fraction of sp³-hybridized carbons (Fsp3) is 0.214. The lowest BCUT2D eigenvalue weighted by Crippen LogP contribution is -2.38. The smallest absolute Gasteiger partial charge is 0.337 e. The number of rotatable bonds is 3. The van der Waals surface area contributed by atoms with Gasteiger partial charge in [0.25, 0.3) is 0 Å². The third-order valence-electron chi connectivity index (χ3n) is 3.14. The highest BCUT2D eigenvalue weighted by molar-refractivity contribution is 14.1. The minimum Gasteiger partial charge on any atom is -0.478 e. The fourth-order valence-corrected chi connectivity index (χ4v) is 2.93. The van der Waals surface area contributed by atoms with E-state index in [9.17, 15) is 18.7 Å². The standard InChI is InChI=1S/C14H11BrF2INO2/c1-14(18)5-3-2-4-9(14)19-12-7(13(20)21)6-8(15)10(16)11(12)17/h2-6,9,19H,1H3,(H,20,21). The fourth-order valence-electron chi connectivity index (χ4n) is 1.96. The second kappa shape index (κ2) is 6.04. The van der Waals surface area contributed by atoms with Crippen LogP contribution in [0.3, 0.4) is 0 Å². The van der Waals surface area contributed by atoms with Crippen LogP contribution >= 0.6 is 38.5 Å². The van der Waals surface area contributed by atoms with Gasteiger partial charge in [0.2, 0.25) is 0 Å². The molecular weight excluding hydrogens is 459 g/mol. The maximum absolute atomic E-state index is 14.1. The van der Waals surface area contributed by atoms with Gasteiger partial charge in [-0.15, -0.1) is 0 Å². The molecule has 0 amide bonds. The number of carboxylic acid groups (broad SMARTS) is 1. The van der Waals surface area contributed by atoms with Crippen molar-refractivity contribution in [2.24, 2.45) is 0 Å². The molecule has 0 spiro atoms. The van der Waals surface area contributed by atoms with Gasteiger partial charge in [0.15, 0.2) is 11.6 Å². The first-order valence-corrected chi connectivity index (χ1v) is 7.83. The van der Waals surface area contributed by atoms with E-state index in [1.807, 2.05) is 19.1 Å². The van der Waals surface area contributed by atoms with Crippen LogP contribution in [0.2, 0.25) is 0 Å². The van der Waals surface area contributed by atoms with Crippen molar-refractivity contribution in [2.75, 3.05) is 5.32 Å². The highest BCUT2D eigenvalue weighted by Gasteiger charge is 2.31. The van der Waals surface area contributed by atoms with Gasteiger partial charge >= 0.3 is 5.97 Å². The molecule has 21 heavy (non-hydrogen) atoms. The van der Waals surface area contributed by atoms with Crippen LogP contribution in [0, 0.1) is 11.6 Å². The lowest BCUT2D eigenvalue weighted by Gasteiger charge is -2.31. The highest BCUT2D eigenvalue weighted by atomic mass is 127. The van der Waals surface area contributed by atoms with Crippen molar-refractivity contribution in [2.45, 2.75) is 16.4 Å². The van der Waals surface area contributed by atoms with Crippen LogP contribution in [0.1, 0.15) is 17.3 Å². The third kappa shape index (κ3) is 3.28. The number of aromatic carboxylic acids is 1. The summed E-state index contributed by atoms with van der Waals surface area (Å²) in [6.07, 6.45) is 7.29. The molecule has 0 heterocycles. The van der Waals surface area contributed by atoms with Gasteiger partial charge in [-0.3, -0.25) is 0 Å². The van der Waals surface area contributed by atoms with Crippen molar-refractivity contribution in [3.8, 4) is 0 Å². The van der Waals surface area contributed by atoms with Gasteiger partial charge in [-0.2, -0.15) is 0 Å². The summed E-state index contributed by atoms with van der Waals surface area (Å²) >= 11 is 4.98. The third-order valence-corrected chi connectivity index (χ3v) is 4.75. The SMILES string of the molecule is CC1(I)C=CC=CC1Nc1c(C(=O)O)cc(Br)c(F)c1F. The molecule has 0 aromatic heterocycles. The summed E-state index contributed by atoms with van der Waals surface area (Å²) < 4.78 is 27.2. The summed E-state index contributed by atoms with van der Waals surface area (Å²) in [6, 6.07) is 0.687. The molecule has 2 unspecified atom stereocenters. The summed E-state index contributed by atoms with van der Waals surface area (Å²) in [7, 11) is 0. The molecule has 0 bridgehead atoms. The number of hydrogen-bond acceptors (Lipinski definition) is 2. The van der Waals surface area contributed by atoms with E-state index in [1.165, 1.54) is 0 Å². The lowest BCUT2D eigenvalue weighted by molar-refractivity contribution is 0.0697. The van der Waals surface area contributed by atoms with Gasteiger partial charge in [-0.25, -0.2) is 13.6 Å². The summed E-state index contributed by atoms with van der Waals surface area (Å²) in [4.78, 5) is 11.3. The largest absolute Gasteiger partial charge is 0.478 e. The van der Waals surface area contributed by atoms with Gasteiger partial charge in [0.1, 0.15) is 0 Å². The molecule has 2 rings (SSSR count). The first kappa shape index (κ1) is 16.4. The number of allylic oxidation sites excluding steroid dienone is 2. The number of alkyl halides is 1. The van der Waals surface area contributed by atoms with E-state index in [0.29, 0.717) is 0 Å². The van der Waals surface area contributed by atoms with E-state index in [1.54, 1.807) is 12.2 Å². The second-order valence-electron chi connectivity index (χ2n) is 4.73. The Labute approximate surface area is 142 Å². The zero-order valence-electron chi connectivity index (χ0n) is 10.8. The molecule has 1 aliphatic rings. The minimum atomic E-state index is -1.33. The molecular formula is C14H11BrF2INO2. The molecule has 1 aromatic rings. The minimum absolute atomic E-state index is 0.223. The Bertz CT molecular complexity index is 659. The maximum Gasteiger partial charge on any atom is 0.337 e. The maximum atomic E-state index is 14.1. The zero-order valence-corrected chi connectivity index (χ0v) is 14.6. The van der Waals surface area contributed by atoms with E-state index < -0.39 is 21.0 Å². The molecule has 112 valence electrons. The van der Waals surface area contributed by atoms with Crippen LogP contribution in [0.15, 0.2) is 34.8 Å². The average Bonchev–Trinajstić information content (AvgIpc) is 2.40. The van der Waals surface area contributed by atoms with E-state index in [-0.39, 0.29) is 21.8 Å². The van der Waals surface area contributed by atoms with Crippen LogP contribution in [-0.4, -0.2) is 20.5 Å². The Morgan fingerprint density at radius 1 is 1.43 bits per heavy atom. The number of benzene rings is 1. The van der Waals surface area contributed by atoms with Gasteiger partial charge < -0.3 is 10.4 Å². The van der Waals surface area contributed by atoms with Gasteiger partial charge in [-0.1, -0.05) is 46.9 Å². The molecule has 0 fully saturated rings. The molecule has 7 heteroatoms. The molecule has 2 N–H and O–H groups in total. The summed E-state index contributed by atoms with van der Waals surface area (Å²) in [6.45, 7) is 1.90. The number of hydrogen-bond donors (Lipinski definition) is 2. The van der Waals surface area contributed by atoms with E-state index in [4.69, 9.17) is 0 Å². The Balaban J connectivity index is 2.49. The van der Waals surface area contributed by atoms with Gasteiger partial charge in [0.05, 0.1) is 25.2 Å². The van der Waals surface area contributed by atoms with Crippen molar-refractivity contribution in [1.82, 2.24) is 0 Å². The van der Waals surface area contributed by atoms with Crippen LogP contribution in [0.4, 0.5) is 14.5 Å². The summed E-state index contributed by atoms with van der Waals surface area (Å²) in [5.74, 6) is -3.66. The Hall–Kier alpha value is -0.960. The van der Waals surface area contributed by atoms with Crippen LogP contribution < -0.4 is 5.32 Å². The zero-order chi connectivity index (χ0) is 15.8. The summed E-state index contributed by atoms with van der Waals surface area (Å²) in [5.41, 5.74) is -0.674. The molecule has 2 atom stereocenters. The highest BCUT2D eigenvalue weighted by Crippen LogP contribution is 2.34. The molecule has 0 saturated carbocycles. The number of carbonyl (C=O) groups is 1. The quantitative estimate of drug-likeness (QED) is 0.388. The predicted octanol–water partition coefficient (Wildman–Crippen LogP) is 4.53.